The summed E-state index contributed by atoms with van der Waals surface area (Å²) in [6.07, 6.45) is 3.21. The van der Waals surface area contributed by atoms with E-state index in [9.17, 15) is 14.4 Å². The number of aryl methyl sites for hydroxylation is 4. The van der Waals surface area contributed by atoms with Gasteiger partial charge in [-0.3, -0.25) is 14.4 Å². The van der Waals surface area contributed by atoms with Crippen LogP contribution in [0.5, 0.6) is 0 Å². The Morgan fingerprint density at radius 1 is 0.580 bits per heavy atom. The van der Waals surface area contributed by atoms with Crippen molar-refractivity contribution in [3.05, 3.63) is 152 Å². The molecule has 0 fully saturated rings. The molecule has 0 amide bonds. The molecular formula is C41H38N4O3S2. The zero-order chi connectivity index (χ0) is 35.5. The lowest BCUT2D eigenvalue weighted by molar-refractivity contribution is -0.121. The Labute approximate surface area is 300 Å². The zero-order valence-corrected chi connectivity index (χ0v) is 30.5. The van der Waals surface area contributed by atoms with Crippen molar-refractivity contribution in [3.8, 4) is 0 Å². The number of nitrogens with zero attached hydrogens (tertiary/aromatic N) is 2. The Morgan fingerprint density at radius 3 is 1.40 bits per heavy atom. The first-order valence-corrected chi connectivity index (χ1v) is 18.0. The summed E-state index contributed by atoms with van der Waals surface area (Å²) >= 11 is 2.61. The van der Waals surface area contributed by atoms with Crippen molar-refractivity contribution in [2.45, 2.75) is 53.4 Å². The fourth-order valence-electron chi connectivity index (χ4n) is 6.00. The minimum Gasteiger partial charge on any atom is -0.332 e. The van der Waals surface area contributed by atoms with Crippen LogP contribution in [0, 0.1) is 27.7 Å². The van der Waals surface area contributed by atoms with Crippen molar-refractivity contribution in [3.63, 3.8) is 0 Å². The average Bonchev–Trinajstić information content (AvgIpc) is 3.77. The zero-order valence-electron chi connectivity index (χ0n) is 28.8. The number of thiazole rings is 2. The van der Waals surface area contributed by atoms with Crippen molar-refractivity contribution in [2.75, 3.05) is 10.6 Å². The van der Waals surface area contributed by atoms with Crippen LogP contribution in [-0.2, 0) is 4.79 Å². The van der Waals surface area contributed by atoms with Crippen molar-refractivity contribution in [1.82, 2.24) is 9.97 Å². The molecule has 0 aliphatic heterocycles. The number of carbonyl (C=O) groups excluding carboxylic acids is 3. The van der Waals surface area contributed by atoms with Gasteiger partial charge in [0.1, 0.15) is 5.78 Å². The molecule has 50 heavy (non-hydrogen) atoms. The smallest absolute Gasteiger partial charge is 0.204 e. The fraction of sp³-hybridized carbons (Fsp3) is 0.195. The summed E-state index contributed by atoms with van der Waals surface area (Å²) in [5, 5.41) is 7.84. The van der Waals surface area contributed by atoms with E-state index in [1.807, 2.05) is 126 Å². The molecular weight excluding hydrogens is 661 g/mol. The van der Waals surface area contributed by atoms with Crippen LogP contribution in [-0.4, -0.2) is 27.3 Å². The third-order valence-electron chi connectivity index (χ3n) is 8.84. The van der Waals surface area contributed by atoms with E-state index in [0.717, 1.165) is 44.8 Å². The molecule has 252 valence electrons. The lowest BCUT2D eigenvalue weighted by atomic mass is 9.85. The predicted octanol–water partition coefficient (Wildman–Crippen LogP) is 10.3. The maximum absolute atomic E-state index is 13.8. The van der Waals surface area contributed by atoms with Crippen LogP contribution >= 0.6 is 22.7 Å². The van der Waals surface area contributed by atoms with Gasteiger partial charge in [0.2, 0.25) is 11.6 Å². The van der Waals surface area contributed by atoms with Crippen molar-refractivity contribution in [2.24, 2.45) is 0 Å². The minimum absolute atomic E-state index is 0.0473. The topological polar surface area (TPSA) is 101 Å². The monoisotopic (exact) mass is 698 g/mol. The summed E-state index contributed by atoms with van der Waals surface area (Å²) < 4.78 is 0. The molecule has 6 rings (SSSR count). The third-order valence-corrected chi connectivity index (χ3v) is 10.7. The van der Waals surface area contributed by atoms with Crippen molar-refractivity contribution < 1.29 is 14.4 Å². The van der Waals surface area contributed by atoms with Gasteiger partial charge in [0, 0.05) is 34.3 Å². The van der Waals surface area contributed by atoms with E-state index in [4.69, 9.17) is 0 Å². The van der Waals surface area contributed by atoms with E-state index in [-0.39, 0.29) is 29.2 Å². The SMILES string of the molecule is Cc1ccc(C(=O)c2cnc(Nc3cccc(C(C)C(=O)C(C)c4cccc(Nc5ncc(C(=O)c6ccc(C)cc6C)s5)c4)c3)s2)c(C)c1. The van der Waals surface area contributed by atoms with Gasteiger partial charge < -0.3 is 10.6 Å². The highest BCUT2D eigenvalue weighted by Crippen LogP contribution is 2.32. The van der Waals surface area contributed by atoms with Crippen LogP contribution in [0.25, 0.3) is 0 Å². The summed E-state index contributed by atoms with van der Waals surface area (Å²) in [4.78, 5) is 50.1. The predicted molar refractivity (Wildman–Crippen MR) is 204 cm³/mol. The van der Waals surface area contributed by atoms with Gasteiger partial charge in [-0.25, -0.2) is 9.97 Å². The van der Waals surface area contributed by atoms with Gasteiger partial charge in [-0.15, -0.1) is 0 Å². The lowest BCUT2D eigenvalue weighted by Gasteiger charge is -2.18. The molecule has 0 radical (unpaired) electrons. The summed E-state index contributed by atoms with van der Waals surface area (Å²) in [6, 6.07) is 27.1. The Morgan fingerprint density at radius 2 is 1.00 bits per heavy atom. The number of anilines is 4. The molecule has 2 heterocycles. The first-order chi connectivity index (χ1) is 24.0. The fourth-order valence-corrected chi connectivity index (χ4v) is 7.58. The van der Waals surface area contributed by atoms with E-state index in [1.54, 1.807) is 12.4 Å². The second-order valence-electron chi connectivity index (χ2n) is 12.7. The van der Waals surface area contributed by atoms with Gasteiger partial charge in [0.15, 0.2) is 10.3 Å². The van der Waals surface area contributed by atoms with Crippen LogP contribution in [0.4, 0.5) is 21.6 Å². The Hall–Kier alpha value is -5.25. The van der Waals surface area contributed by atoms with Crippen molar-refractivity contribution >= 4 is 61.7 Å². The van der Waals surface area contributed by atoms with Gasteiger partial charge in [0.05, 0.1) is 22.1 Å². The number of ketones is 3. The Balaban J connectivity index is 1.10. The molecule has 0 aliphatic rings. The van der Waals surface area contributed by atoms with E-state index in [1.165, 1.54) is 22.7 Å². The second-order valence-corrected chi connectivity index (χ2v) is 14.8. The normalized spacial score (nSPS) is 12.3. The first kappa shape index (κ1) is 34.6. The van der Waals surface area contributed by atoms with Gasteiger partial charge >= 0.3 is 0 Å². The Bertz CT molecular complexity index is 2080. The molecule has 7 nitrogen and oxygen atoms in total. The average molecular weight is 699 g/mol. The molecule has 0 saturated carbocycles. The largest absolute Gasteiger partial charge is 0.332 e. The highest BCUT2D eigenvalue weighted by molar-refractivity contribution is 7.18. The third kappa shape index (κ3) is 7.64. The van der Waals surface area contributed by atoms with Gasteiger partial charge in [-0.2, -0.15) is 0 Å². The number of carbonyl (C=O) groups is 3. The van der Waals surface area contributed by atoms with Gasteiger partial charge in [-0.1, -0.05) is 108 Å². The Kier molecular flexibility index (Phi) is 10.2. The summed E-state index contributed by atoms with van der Waals surface area (Å²) in [5.41, 5.74) is 8.81. The summed E-state index contributed by atoms with van der Waals surface area (Å²) in [7, 11) is 0. The number of nitrogens with one attached hydrogen (secondary N) is 2. The van der Waals surface area contributed by atoms with E-state index in [2.05, 4.69) is 20.6 Å². The van der Waals surface area contributed by atoms with Gasteiger partial charge in [-0.05, 0) is 74.2 Å². The summed E-state index contributed by atoms with van der Waals surface area (Å²) in [6.45, 7) is 11.8. The molecule has 2 N–H and O–H groups in total. The van der Waals surface area contributed by atoms with E-state index < -0.39 is 0 Å². The maximum atomic E-state index is 13.8. The second kappa shape index (κ2) is 14.7. The molecule has 0 aliphatic carbocycles. The molecule has 0 bridgehead atoms. The van der Waals surface area contributed by atoms with Gasteiger partial charge in [0.25, 0.3) is 0 Å². The number of aromatic nitrogens is 2. The number of benzene rings is 4. The lowest BCUT2D eigenvalue weighted by Crippen LogP contribution is -2.16. The minimum atomic E-state index is -0.362. The molecule has 9 heteroatoms. The maximum Gasteiger partial charge on any atom is 0.204 e. The molecule has 0 spiro atoms. The van der Waals surface area contributed by atoms with Crippen molar-refractivity contribution in [1.29, 1.82) is 0 Å². The molecule has 2 unspecified atom stereocenters. The number of Topliss-reactive ketones (excluding diaryl/α,β-unsaturated/α-hetero) is 1. The van der Waals surface area contributed by atoms with Crippen LogP contribution in [0.2, 0.25) is 0 Å². The van der Waals surface area contributed by atoms with E-state index in [0.29, 0.717) is 31.1 Å². The first-order valence-electron chi connectivity index (χ1n) is 16.4. The molecule has 4 aromatic carbocycles. The van der Waals surface area contributed by atoms with Crippen LogP contribution in [0.3, 0.4) is 0 Å². The highest BCUT2D eigenvalue weighted by Gasteiger charge is 2.24. The molecule has 2 atom stereocenters. The van der Waals surface area contributed by atoms with Crippen LogP contribution in [0.15, 0.2) is 97.3 Å². The number of hydrogen-bond donors (Lipinski definition) is 2. The van der Waals surface area contributed by atoms with Crippen LogP contribution < -0.4 is 10.6 Å². The highest BCUT2D eigenvalue weighted by atomic mass is 32.1. The standard InChI is InChI=1S/C41H38N4O3S2/c1-23-13-15-33(25(3)17-23)38(47)35-21-42-40(49-35)44-31-11-7-9-29(19-31)27(5)37(46)28(6)30-10-8-12-32(20-30)45-41-43-22-36(50-41)39(48)34-16-14-24(2)18-26(34)4/h7-22,27-28H,1-6H3,(H,42,44)(H,43,45). The number of rotatable bonds is 12. The summed E-state index contributed by atoms with van der Waals surface area (Å²) in [5.74, 6) is -0.730. The quantitative estimate of drug-likeness (QED) is 0.123. The molecule has 6 aromatic rings. The van der Waals surface area contributed by atoms with E-state index >= 15 is 0 Å². The van der Waals surface area contributed by atoms with Crippen LogP contribution in [0.1, 0.15) is 89.5 Å². The molecule has 0 saturated heterocycles. The number of hydrogen-bond acceptors (Lipinski definition) is 9. The molecule has 2 aromatic heterocycles.